The molecule has 0 aromatic carbocycles. The molecule has 1 aliphatic rings. The smallest absolute Gasteiger partial charge is 0.132 e. The molecule has 1 rings (SSSR count). The fourth-order valence-corrected chi connectivity index (χ4v) is 1.82. The molecule has 107 valence electrons. The molecule has 0 saturated heterocycles. The molecular formula is C15H25NiO2. The van der Waals surface area contributed by atoms with Gasteiger partial charge in [-0.15, -0.1) is 0 Å². The van der Waals surface area contributed by atoms with Crippen molar-refractivity contribution >= 4 is 5.78 Å². The molecule has 0 aliphatic heterocycles. The topological polar surface area (TPSA) is 37.3 Å². The molecule has 0 aromatic heterocycles. The van der Waals surface area contributed by atoms with Crippen molar-refractivity contribution in [1.29, 1.82) is 0 Å². The number of rotatable bonds is 2. The quantitative estimate of drug-likeness (QED) is 0.794. The Morgan fingerprint density at radius 1 is 0.944 bits per heavy atom. The standard InChI is InChI=1S/C10H15.C5H10O2.Ni/c1-6-7(2)9(4)10(5)8(6)3;1-4(6)3-5(2)7;/h1-5H3;4,6H,3H2,1-2H3;. The van der Waals surface area contributed by atoms with Crippen molar-refractivity contribution in [1.82, 2.24) is 0 Å². The van der Waals surface area contributed by atoms with Gasteiger partial charge in [0.15, 0.2) is 0 Å². The average molecular weight is 296 g/mol. The van der Waals surface area contributed by atoms with E-state index < -0.39 is 6.10 Å². The number of hydrogen-bond acceptors (Lipinski definition) is 2. The van der Waals surface area contributed by atoms with E-state index in [1.54, 1.807) is 6.92 Å². The summed E-state index contributed by atoms with van der Waals surface area (Å²) < 4.78 is 0. The summed E-state index contributed by atoms with van der Waals surface area (Å²) in [6.45, 7) is 14.1. The Morgan fingerprint density at radius 2 is 1.17 bits per heavy atom. The van der Waals surface area contributed by atoms with Crippen molar-refractivity contribution < 1.29 is 26.4 Å². The van der Waals surface area contributed by atoms with Crippen LogP contribution in [-0.2, 0) is 21.3 Å². The first-order valence-corrected chi connectivity index (χ1v) is 6.05. The Balaban J connectivity index is 0. The summed E-state index contributed by atoms with van der Waals surface area (Å²) in [4.78, 5) is 10.1. The van der Waals surface area contributed by atoms with Crippen molar-refractivity contribution in [3.63, 3.8) is 0 Å². The first-order valence-electron chi connectivity index (χ1n) is 6.05. The molecule has 0 heterocycles. The Bertz CT molecular complexity index is 196. The molecule has 2 nitrogen and oxygen atoms in total. The second-order valence-electron chi connectivity index (χ2n) is 4.88. The number of hydrogen-bond donors (Lipinski definition) is 1. The summed E-state index contributed by atoms with van der Waals surface area (Å²) in [6, 6.07) is 0. The van der Waals surface area contributed by atoms with Crippen LogP contribution in [0.15, 0.2) is 0 Å². The number of Topliss-reactive ketones (excluding diaryl/α,β-unsaturated/α-hetero) is 1. The number of ketones is 1. The number of aliphatic hydroxyl groups excluding tert-OH is 1. The third-order valence-corrected chi connectivity index (χ3v) is 3.40. The summed E-state index contributed by atoms with van der Waals surface area (Å²) in [5, 5.41) is 8.50. The first kappa shape index (κ1) is 20.4. The van der Waals surface area contributed by atoms with Gasteiger partial charge in [-0.05, 0) is 43.4 Å². The molecule has 1 N–H and O–H groups in total. The molecule has 0 bridgehead atoms. The zero-order valence-electron chi connectivity index (χ0n) is 12.5. The summed E-state index contributed by atoms with van der Waals surface area (Å²) in [5.74, 6) is 7.38. The van der Waals surface area contributed by atoms with Gasteiger partial charge in [0.1, 0.15) is 5.78 Å². The van der Waals surface area contributed by atoms with Crippen molar-refractivity contribution in [2.45, 2.75) is 61.0 Å². The Morgan fingerprint density at radius 3 is 1.22 bits per heavy atom. The third kappa shape index (κ3) is 6.34. The molecule has 1 atom stereocenters. The van der Waals surface area contributed by atoms with Gasteiger partial charge in [0, 0.05) is 22.9 Å². The van der Waals surface area contributed by atoms with E-state index in [-0.39, 0.29) is 28.7 Å². The Labute approximate surface area is 123 Å². The second kappa shape index (κ2) is 9.10. The maximum atomic E-state index is 10.1. The minimum Gasteiger partial charge on any atom is -0.393 e. The van der Waals surface area contributed by atoms with Crippen LogP contribution < -0.4 is 0 Å². The summed E-state index contributed by atoms with van der Waals surface area (Å²) in [6.07, 6.45) is -0.197. The van der Waals surface area contributed by atoms with E-state index in [4.69, 9.17) is 5.11 Å². The van der Waals surface area contributed by atoms with Crippen LogP contribution in [0.1, 0.15) is 54.9 Å². The molecule has 0 amide bonds. The Kier molecular flexibility index (Phi) is 10.3. The van der Waals surface area contributed by atoms with Crippen molar-refractivity contribution in [3.8, 4) is 0 Å². The zero-order chi connectivity index (χ0) is 13.7. The van der Waals surface area contributed by atoms with Crippen LogP contribution in [-0.4, -0.2) is 17.0 Å². The van der Waals surface area contributed by atoms with E-state index in [1.807, 2.05) is 0 Å². The molecule has 1 aliphatic carbocycles. The van der Waals surface area contributed by atoms with Gasteiger partial charge >= 0.3 is 0 Å². The molecule has 1 unspecified atom stereocenters. The first-order chi connectivity index (χ1) is 7.68. The maximum absolute atomic E-state index is 10.1. The fourth-order valence-electron chi connectivity index (χ4n) is 1.82. The van der Waals surface area contributed by atoms with Crippen LogP contribution in [0.4, 0.5) is 0 Å². The van der Waals surface area contributed by atoms with Gasteiger partial charge in [-0.2, -0.15) is 0 Å². The molecule has 0 spiro atoms. The van der Waals surface area contributed by atoms with Crippen LogP contribution >= 0.6 is 0 Å². The van der Waals surface area contributed by atoms with Crippen LogP contribution in [0.25, 0.3) is 0 Å². The predicted octanol–water partition coefficient (Wildman–Crippen LogP) is 3.32. The van der Waals surface area contributed by atoms with Crippen molar-refractivity contribution in [2.24, 2.45) is 0 Å². The van der Waals surface area contributed by atoms with Gasteiger partial charge in [-0.3, -0.25) is 4.79 Å². The molecule has 0 aromatic rings. The molecule has 5 radical (unpaired) electrons. The summed E-state index contributed by atoms with van der Waals surface area (Å²) in [7, 11) is 0. The summed E-state index contributed by atoms with van der Waals surface area (Å²) >= 11 is 0. The zero-order valence-corrected chi connectivity index (χ0v) is 13.4. The van der Waals surface area contributed by atoms with E-state index in [9.17, 15) is 4.79 Å². The largest absolute Gasteiger partial charge is 0.393 e. The van der Waals surface area contributed by atoms with E-state index in [1.165, 1.54) is 36.5 Å². The minimum atomic E-state index is -0.475. The van der Waals surface area contributed by atoms with E-state index >= 15 is 0 Å². The van der Waals surface area contributed by atoms with E-state index in [2.05, 4.69) is 34.6 Å². The van der Waals surface area contributed by atoms with Gasteiger partial charge in [0.2, 0.25) is 0 Å². The molecular weight excluding hydrogens is 271 g/mol. The van der Waals surface area contributed by atoms with Gasteiger partial charge in [0.05, 0.1) is 6.10 Å². The second-order valence-corrected chi connectivity index (χ2v) is 4.88. The maximum Gasteiger partial charge on any atom is 0.132 e. The van der Waals surface area contributed by atoms with E-state index in [0.29, 0.717) is 0 Å². The minimum absolute atomic E-state index is 0. The van der Waals surface area contributed by atoms with Gasteiger partial charge < -0.3 is 5.11 Å². The van der Waals surface area contributed by atoms with E-state index in [0.717, 1.165) is 0 Å². The number of carbonyl (C=O) groups is 1. The van der Waals surface area contributed by atoms with Crippen LogP contribution in [0.2, 0.25) is 0 Å². The number of carbonyl (C=O) groups excluding carboxylic acids is 1. The van der Waals surface area contributed by atoms with Crippen molar-refractivity contribution in [3.05, 3.63) is 29.6 Å². The normalized spacial score (nSPS) is 21.1. The Hall–Kier alpha value is 0.124. The van der Waals surface area contributed by atoms with Crippen molar-refractivity contribution in [2.75, 3.05) is 0 Å². The monoisotopic (exact) mass is 295 g/mol. The van der Waals surface area contributed by atoms with Crippen LogP contribution in [0.5, 0.6) is 0 Å². The molecule has 18 heavy (non-hydrogen) atoms. The van der Waals surface area contributed by atoms with Crippen LogP contribution in [0, 0.1) is 29.6 Å². The molecule has 1 saturated carbocycles. The van der Waals surface area contributed by atoms with Gasteiger partial charge in [-0.1, -0.05) is 34.6 Å². The number of aliphatic hydroxyl groups is 1. The third-order valence-electron chi connectivity index (χ3n) is 3.40. The van der Waals surface area contributed by atoms with Gasteiger partial charge in [-0.25, -0.2) is 0 Å². The van der Waals surface area contributed by atoms with Crippen LogP contribution in [0.3, 0.4) is 0 Å². The SMILES string of the molecule is CC(=O)CC(C)O.C[C]1[C](C)[C](C)[C](C)[C]1C.[Ni]. The fraction of sp³-hybridized carbons (Fsp3) is 0.600. The van der Waals surface area contributed by atoms with Gasteiger partial charge in [0.25, 0.3) is 0 Å². The molecule has 1 fully saturated rings. The molecule has 3 heteroatoms. The predicted molar refractivity (Wildman–Crippen MR) is 71.6 cm³/mol. The summed E-state index contributed by atoms with van der Waals surface area (Å²) in [5.41, 5.74) is 0. The average Bonchev–Trinajstić information content (AvgIpc) is 2.35.